The van der Waals surface area contributed by atoms with Gasteiger partial charge in [-0.3, -0.25) is 9.69 Å². The average Bonchev–Trinajstić information content (AvgIpc) is 2.83. The molecule has 2 heterocycles. The number of nitrogens with zero attached hydrogens (tertiary/aromatic N) is 2. The fourth-order valence-corrected chi connectivity index (χ4v) is 4.54. The van der Waals surface area contributed by atoms with Crippen molar-refractivity contribution in [2.45, 2.75) is 45.6 Å². The minimum Gasteiger partial charge on any atom is -0.373 e. The molecule has 1 amide bonds. The molecule has 0 N–H and O–H groups in total. The third kappa shape index (κ3) is 3.31. The molecular formula is C18H22N2OS2. The summed E-state index contributed by atoms with van der Waals surface area (Å²) in [5.74, 6) is 0.00901. The van der Waals surface area contributed by atoms with Gasteiger partial charge < -0.3 is 4.90 Å². The van der Waals surface area contributed by atoms with E-state index in [2.05, 4.69) is 11.8 Å². The minimum atomic E-state index is 0.00901. The Morgan fingerprint density at radius 1 is 1.35 bits per heavy atom. The number of carbonyl (C=O) groups excluding carboxylic acids is 1. The predicted octanol–water partition coefficient (Wildman–Crippen LogP) is 4.47. The van der Waals surface area contributed by atoms with Crippen molar-refractivity contribution in [1.82, 2.24) is 4.90 Å². The van der Waals surface area contributed by atoms with Crippen LogP contribution in [0.3, 0.4) is 0 Å². The largest absolute Gasteiger partial charge is 0.373 e. The van der Waals surface area contributed by atoms with Gasteiger partial charge in [0.05, 0.1) is 10.6 Å². The lowest BCUT2D eigenvalue weighted by molar-refractivity contribution is -0.113. The van der Waals surface area contributed by atoms with E-state index in [1.54, 1.807) is 4.90 Å². The molecule has 2 saturated heterocycles. The summed E-state index contributed by atoms with van der Waals surface area (Å²) in [4.78, 5) is 17.6. The van der Waals surface area contributed by atoms with Crippen molar-refractivity contribution in [2.24, 2.45) is 0 Å². The van der Waals surface area contributed by atoms with Crippen LogP contribution in [-0.2, 0) is 4.79 Å². The summed E-state index contributed by atoms with van der Waals surface area (Å²) in [6, 6.07) is 8.44. The summed E-state index contributed by atoms with van der Waals surface area (Å²) in [6.07, 6.45) is 6.86. The maximum absolute atomic E-state index is 12.9. The summed E-state index contributed by atoms with van der Waals surface area (Å²) in [5.41, 5.74) is 1.96. The quantitative estimate of drug-likeness (QED) is 0.595. The number of para-hydroxylation sites is 1. The maximum atomic E-state index is 12.9. The van der Waals surface area contributed by atoms with Gasteiger partial charge in [-0.2, -0.15) is 0 Å². The Labute approximate surface area is 147 Å². The van der Waals surface area contributed by atoms with E-state index < -0.39 is 0 Å². The molecule has 23 heavy (non-hydrogen) atoms. The first-order chi connectivity index (χ1) is 11.1. The molecule has 0 saturated carbocycles. The average molecular weight is 347 g/mol. The Morgan fingerprint density at radius 2 is 2.13 bits per heavy atom. The third-order valence-corrected chi connectivity index (χ3v) is 5.87. The van der Waals surface area contributed by atoms with Crippen LogP contribution in [0.5, 0.6) is 0 Å². The molecule has 0 spiro atoms. The van der Waals surface area contributed by atoms with Crippen LogP contribution in [0.25, 0.3) is 0 Å². The Hall–Kier alpha value is -1.33. The second-order valence-electron chi connectivity index (χ2n) is 6.08. The molecule has 0 unspecified atom stereocenters. The summed E-state index contributed by atoms with van der Waals surface area (Å²) in [6.45, 7) is 5.26. The summed E-state index contributed by atoms with van der Waals surface area (Å²) < 4.78 is 0.626. The molecule has 3 nitrogen and oxygen atoms in total. The molecule has 3 rings (SSSR count). The number of anilines is 1. The van der Waals surface area contributed by atoms with Crippen LogP contribution < -0.4 is 4.90 Å². The molecule has 1 aromatic rings. The molecule has 122 valence electrons. The van der Waals surface area contributed by atoms with Gasteiger partial charge in [0.25, 0.3) is 5.91 Å². The molecule has 2 fully saturated rings. The van der Waals surface area contributed by atoms with Gasteiger partial charge in [-0.15, -0.1) is 0 Å². The zero-order chi connectivity index (χ0) is 16.4. The van der Waals surface area contributed by atoms with E-state index in [1.165, 1.54) is 31.0 Å². The van der Waals surface area contributed by atoms with E-state index in [9.17, 15) is 4.79 Å². The number of likely N-dealkylation sites (tertiary alicyclic amines) is 1. The summed E-state index contributed by atoms with van der Waals surface area (Å²) in [5, 5.41) is 0. The van der Waals surface area contributed by atoms with Crippen LogP contribution in [0.15, 0.2) is 35.4 Å². The van der Waals surface area contributed by atoms with E-state index in [0.29, 0.717) is 10.4 Å². The standard InChI is InChI=1S/C18H22N2OS2/c1-3-14-9-6-7-11-19(14)12-16-17(21)20(18(22)23-16)15-10-5-4-8-13(15)2/h4-5,8,10,12,14H,3,6-7,9,11H2,1-2H3/b16-12-/t14-/m0/s1. The molecule has 0 bridgehead atoms. The Bertz CT molecular complexity index is 656. The number of benzene rings is 1. The first kappa shape index (κ1) is 16.5. The van der Waals surface area contributed by atoms with Crippen LogP contribution in [0.2, 0.25) is 0 Å². The van der Waals surface area contributed by atoms with Gasteiger partial charge in [-0.1, -0.05) is 49.1 Å². The summed E-state index contributed by atoms with van der Waals surface area (Å²) in [7, 11) is 0. The van der Waals surface area contributed by atoms with Gasteiger partial charge in [0.2, 0.25) is 0 Å². The highest BCUT2D eigenvalue weighted by Gasteiger charge is 2.35. The zero-order valence-corrected chi connectivity index (χ0v) is 15.3. The van der Waals surface area contributed by atoms with Gasteiger partial charge >= 0.3 is 0 Å². The molecule has 5 heteroatoms. The van der Waals surface area contributed by atoms with Crippen LogP contribution in [0.1, 0.15) is 38.2 Å². The molecule has 2 aliphatic rings. The zero-order valence-electron chi connectivity index (χ0n) is 13.6. The Balaban J connectivity index is 1.86. The van der Waals surface area contributed by atoms with Crippen LogP contribution >= 0.6 is 24.0 Å². The lowest BCUT2D eigenvalue weighted by atomic mass is 10.0. The highest BCUT2D eigenvalue weighted by Crippen LogP contribution is 2.37. The second kappa shape index (κ2) is 7.05. The summed E-state index contributed by atoms with van der Waals surface area (Å²) >= 11 is 6.89. The number of piperidine rings is 1. The van der Waals surface area contributed by atoms with Crippen molar-refractivity contribution in [2.75, 3.05) is 11.4 Å². The monoisotopic (exact) mass is 346 g/mol. The molecule has 2 aliphatic heterocycles. The number of thioether (sulfide) groups is 1. The van der Waals surface area contributed by atoms with Crippen LogP contribution in [0.4, 0.5) is 5.69 Å². The van der Waals surface area contributed by atoms with E-state index in [1.807, 2.05) is 37.4 Å². The number of amides is 1. The number of carbonyl (C=O) groups is 1. The van der Waals surface area contributed by atoms with E-state index >= 15 is 0 Å². The van der Waals surface area contributed by atoms with Crippen LogP contribution in [-0.4, -0.2) is 27.7 Å². The van der Waals surface area contributed by atoms with E-state index in [-0.39, 0.29) is 5.91 Å². The van der Waals surface area contributed by atoms with E-state index in [0.717, 1.165) is 29.1 Å². The van der Waals surface area contributed by atoms with Crippen molar-refractivity contribution in [1.29, 1.82) is 0 Å². The minimum absolute atomic E-state index is 0.00901. The van der Waals surface area contributed by atoms with Gasteiger partial charge in [0.15, 0.2) is 4.32 Å². The molecule has 0 aliphatic carbocycles. The molecular weight excluding hydrogens is 324 g/mol. The van der Waals surface area contributed by atoms with Crippen molar-refractivity contribution < 1.29 is 4.79 Å². The molecule has 1 atom stereocenters. The first-order valence-electron chi connectivity index (χ1n) is 8.21. The lowest BCUT2D eigenvalue weighted by Gasteiger charge is -2.34. The van der Waals surface area contributed by atoms with Gasteiger partial charge in [-0.05, 0) is 44.2 Å². The van der Waals surface area contributed by atoms with E-state index in [4.69, 9.17) is 12.2 Å². The van der Waals surface area contributed by atoms with Crippen LogP contribution in [0, 0.1) is 6.92 Å². The number of aryl methyl sites for hydroxylation is 1. The molecule has 0 aromatic heterocycles. The highest BCUT2D eigenvalue weighted by atomic mass is 32.2. The second-order valence-corrected chi connectivity index (χ2v) is 7.76. The Morgan fingerprint density at radius 3 is 2.87 bits per heavy atom. The predicted molar refractivity (Wildman–Crippen MR) is 102 cm³/mol. The molecule has 0 radical (unpaired) electrons. The van der Waals surface area contributed by atoms with Crippen molar-refractivity contribution in [3.05, 3.63) is 40.9 Å². The van der Waals surface area contributed by atoms with Gasteiger partial charge in [0.1, 0.15) is 0 Å². The third-order valence-electron chi connectivity index (χ3n) is 4.58. The van der Waals surface area contributed by atoms with Crippen molar-refractivity contribution >= 4 is 39.9 Å². The van der Waals surface area contributed by atoms with Gasteiger partial charge in [-0.25, -0.2) is 0 Å². The normalized spacial score (nSPS) is 23.9. The number of hydrogen-bond acceptors (Lipinski definition) is 4. The number of rotatable bonds is 3. The SMILES string of the molecule is CC[C@H]1CCCCN1/C=C1\SC(=S)N(c2ccccc2C)C1=O. The van der Waals surface area contributed by atoms with Gasteiger partial charge in [0, 0.05) is 18.8 Å². The van der Waals surface area contributed by atoms with Crippen molar-refractivity contribution in [3.63, 3.8) is 0 Å². The molecule has 1 aromatic carbocycles. The number of thiocarbonyl (C=S) groups is 1. The number of hydrogen-bond donors (Lipinski definition) is 0. The fraction of sp³-hybridized carbons (Fsp3) is 0.444. The highest BCUT2D eigenvalue weighted by molar-refractivity contribution is 8.27. The fourth-order valence-electron chi connectivity index (χ4n) is 3.26. The maximum Gasteiger partial charge on any atom is 0.272 e. The smallest absolute Gasteiger partial charge is 0.272 e. The lowest BCUT2D eigenvalue weighted by Crippen LogP contribution is -2.35. The topological polar surface area (TPSA) is 23.6 Å². The Kier molecular flexibility index (Phi) is 5.07. The van der Waals surface area contributed by atoms with Crippen molar-refractivity contribution in [3.8, 4) is 0 Å². The first-order valence-corrected chi connectivity index (χ1v) is 9.43.